The summed E-state index contributed by atoms with van der Waals surface area (Å²) in [6, 6.07) is 11.7. The smallest absolute Gasteiger partial charge is 0.295 e. The number of hydrogen-bond donors (Lipinski definition) is 1. The number of benzene rings is 1. The maximum atomic E-state index is 13.2. The van der Waals surface area contributed by atoms with E-state index in [2.05, 4.69) is 16.9 Å². The van der Waals surface area contributed by atoms with Crippen LogP contribution in [0.4, 0.5) is 0 Å². The van der Waals surface area contributed by atoms with E-state index in [1.165, 1.54) is 4.90 Å². The number of rotatable bonds is 8. The fourth-order valence-corrected chi connectivity index (χ4v) is 4.09. The van der Waals surface area contributed by atoms with Crippen LogP contribution in [-0.2, 0) is 16.1 Å². The Morgan fingerprint density at radius 3 is 2.56 bits per heavy atom. The highest BCUT2D eigenvalue weighted by Crippen LogP contribution is 2.40. The predicted molar refractivity (Wildman–Crippen MR) is 128 cm³/mol. The Kier molecular flexibility index (Phi) is 7.01. The average molecular weight is 458 g/mol. The SMILES string of the molecule is CCCCOc1ccc(/C(O)=C2/C(=O)C(=O)N(Cc3cccnc3)C2c2ccncc2)c(C)c1. The first-order valence-electron chi connectivity index (χ1n) is 11.3. The lowest BCUT2D eigenvalue weighted by Gasteiger charge is -2.25. The molecule has 1 aliphatic heterocycles. The average Bonchev–Trinajstić information content (AvgIpc) is 3.10. The summed E-state index contributed by atoms with van der Waals surface area (Å²) < 4.78 is 5.76. The minimum Gasteiger partial charge on any atom is -0.507 e. The van der Waals surface area contributed by atoms with Crippen LogP contribution < -0.4 is 4.74 Å². The summed E-state index contributed by atoms with van der Waals surface area (Å²) in [6.07, 6.45) is 8.50. The number of pyridine rings is 2. The number of aryl methyl sites for hydroxylation is 1. The van der Waals surface area contributed by atoms with Crippen LogP contribution in [0.15, 0.2) is 72.8 Å². The normalized spacial score (nSPS) is 17.2. The second kappa shape index (κ2) is 10.3. The second-order valence-corrected chi connectivity index (χ2v) is 8.25. The molecule has 1 fully saturated rings. The van der Waals surface area contributed by atoms with Gasteiger partial charge >= 0.3 is 0 Å². The van der Waals surface area contributed by atoms with Gasteiger partial charge in [0.1, 0.15) is 11.5 Å². The fourth-order valence-electron chi connectivity index (χ4n) is 4.09. The number of hydrogen-bond acceptors (Lipinski definition) is 6. The number of carbonyl (C=O) groups excluding carboxylic acids is 2. The van der Waals surface area contributed by atoms with Crippen molar-refractivity contribution < 1.29 is 19.4 Å². The summed E-state index contributed by atoms with van der Waals surface area (Å²) in [6.45, 7) is 4.74. The zero-order chi connectivity index (χ0) is 24.1. The second-order valence-electron chi connectivity index (χ2n) is 8.25. The predicted octanol–water partition coefficient (Wildman–Crippen LogP) is 4.59. The molecule has 1 aliphatic rings. The Hall–Kier alpha value is -4.00. The Balaban J connectivity index is 1.76. The number of amides is 1. The van der Waals surface area contributed by atoms with Crippen molar-refractivity contribution in [1.29, 1.82) is 0 Å². The Labute approximate surface area is 198 Å². The van der Waals surface area contributed by atoms with Crippen molar-refractivity contribution in [1.82, 2.24) is 14.9 Å². The number of Topliss-reactive ketones (excluding diaryl/α,β-unsaturated/α-hetero) is 1. The van der Waals surface area contributed by atoms with E-state index in [-0.39, 0.29) is 17.9 Å². The highest BCUT2D eigenvalue weighted by Gasteiger charge is 2.46. The minimum absolute atomic E-state index is 0.0582. The number of aromatic nitrogens is 2. The lowest BCUT2D eigenvalue weighted by molar-refractivity contribution is -0.140. The monoisotopic (exact) mass is 457 g/mol. The maximum absolute atomic E-state index is 13.2. The van der Waals surface area contributed by atoms with Gasteiger partial charge in [-0.15, -0.1) is 0 Å². The van der Waals surface area contributed by atoms with E-state index in [1.54, 1.807) is 55.1 Å². The van der Waals surface area contributed by atoms with E-state index in [1.807, 2.05) is 19.1 Å². The van der Waals surface area contributed by atoms with E-state index in [9.17, 15) is 14.7 Å². The maximum Gasteiger partial charge on any atom is 0.295 e. The van der Waals surface area contributed by atoms with Gasteiger partial charge in [0.25, 0.3) is 11.7 Å². The van der Waals surface area contributed by atoms with Crippen molar-refractivity contribution in [3.8, 4) is 5.75 Å². The topological polar surface area (TPSA) is 92.6 Å². The molecule has 34 heavy (non-hydrogen) atoms. The molecule has 1 N–H and O–H groups in total. The van der Waals surface area contributed by atoms with Gasteiger partial charge in [-0.1, -0.05) is 19.4 Å². The standard InChI is InChI=1S/C27H27N3O4/c1-3-4-14-34-21-7-8-22(18(2)15-21)25(31)23-24(20-9-12-28-13-10-20)30(27(33)26(23)32)17-19-6-5-11-29-16-19/h5-13,15-16,24,31H,3-4,14,17H2,1-2H3/b25-23-. The molecular weight excluding hydrogens is 430 g/mol. The van der Waals surface area contributed by atoms with Crippen LogP contribution in [0.1, 0.15) is 48.1 Å². The molecule has 0 spiro atoms. The minimum atomic E-state index is -0.747. The summed E-state index contributed by atoms with van der Waals surface area (Å²) in [5, 5.41) is 11.3. The molecule has 7 nitrogen and oxygen atoms in total. The number of nitrogens with zero attached hydrogens (tertiary/aromatic N) is 3. The van der Waals surface area contributed by atoms with E-state index in [4.69, 9.17) is 4.74 Å². The van der Waals surface area contributed by atoms with Crippen LogP contribution in [0.2, 0.25) is 0 Å². The summed E-state index contributed by atoms with van der Waals surface area (Å²) in [7, 11) is 0. The number of likely N-dealkylation sites (tertiary alicyclic amines) is 1. The molecule has 1 unspecified atom stereocenters. The first-order chi connectivity index (χ1) is 16.5. The molecular formula is C27H27N3O4. The molecule has 2 aromatic heterocycles. The number of carbonyl (C=O) groups is 2. The molecule has 0 saturated carbocycles. The van der Waals surface area contributed by atoms with Gasteiger partial charge in [-0.3, -0.25) is 19.6 Å². The van der Waals surface area contributed by atoms with Crippen LogP contribution in [0.3, 0.4) is 0 Å². The van der Waals surface area contributed by atoms with Gasteiger partial charge < -0.3 is 14.7 Å². The molecule has 1 amide bonds. The van der Waals surface area contributed by atoms with Crippen molar-refractivity contribution in [2.24, 2.45) is 0 Å². The van der Waals surface area contributed by atoms with Gasteiger partial charge in [0, 0.05) is 36.9 Å². The zero-order valence-corrected chi connectivity index (χ0v) is 19.3. The Bertz CT molecular complexity index is 1210. The molecule has 1 aromatic carbocycles. The van der Waals surface area contributed by atoms with E-state index < -0.39 is 17.7 Å². The molecule has 0 radical (unpaired) electrons. The van der Waals surface area contributed by atoms with Crippen molar-refractivity contribution in [2.75, 3.05) is 6.61 Å². The molecule has 0 bridgehead atoms. The quantitative estimate of drug-likeness (QED) is 0.230. The molecule has 7 heteroatoms. The third-order valence-electron chi connectivity index (χ3n) is 5.86. The lowest BCUT2D eigenvalue weighted by atomic mass is 9.94. The zero-order valence-electron chi connectivity index (χ0n) is 19.3. The van der Waals surface area contributed by atoms with E-state index in [0.29, 0.717) is 23.5 Å². The van der Waals surface area contributed by atoms with Gasteiger partial charge in [0.15, 0.2) is 0 Å². The summed E-state index contributed by atoms with van der Waals surface area (Å²) in [5.74, 6) is -0.882. The van der Waals surface area contributed by atoms with Crippen LogP contribution in [0.5, 0.6) is 5.75 Å². The van der Waals surface area contributed by atoms with Crippen molar-refractivity contribution in [3.05, 3.63) is 95.1 Å². The van der Waals surface area contributed by atoms with Crippen LogP contribution in [0.25, 0.3) is 5.76 Å². The Morgan fingerprint density at radius 2 is 1.88 bits per heavy atom. The number of unbranched alkanes of at least 4 members (excludes halogenated alkanes) is 1. The molecule has 0 aliphatic carbocycles. The van der Waals surface area contributed by atoms with Crippen LogP contribution in [-0.4, -0.2) is 38.3 Å². The molecule has 1 saturated heterocycles. The third kappa shape index (κ3) is 4.69. The molecule has 1 atom stereocenters. The number of aliphatic hydroxyl groups is 1. The first kappa shape index (κ1) is 23.2. The van der Waals surface area contributed by atoms with Crippen molar-refractivity contribution >= 4 is 17.4 Å². The Morgan fingerprint density at radius 1 is 1.09 bits per heavy atom. The summed E-state index contributed by atoms with van der Waals surface area (Å²) in [5.41, 5.74) is 2.77. The van der Waals surface area contributed by atoms with Crippen molar-refractivity contribution in [2.45, 2.75) is 39.3 Å². The summed E-state index contributed by atoms with van der Waals surface area (Å²) >= 11 is 0. The molecule has 174 valence electrons. The van der Waals surface area contributed by atoms with Crippen LogP contribution >= 0.6 is 0 Å². The third-order valence-corrected chi connectivity index (χ3v) is 5.86. The van der Waals surface area contributed by atoms with Gasteiger partial charge in [0.05, 0.1) is 18.2 Å². The van der Waals surface area contributed by atoms with Gasteiger partial charge in [-0.2, -0.15) is 0 Å². The highest BCUT2D eigenvalue weighted by molar-refractivity contribution is 6.46. The van der Waals surface area contributed by atoms with Gasteiger partial charge in [-0.05, 0) is 66.4 Å². The molecule has 4 rings (SSSR count). The van der Waals surface area contributed by atoms with Gasteiger partial charge in [0.2, 0.25) is 0 Å². The van der Waals surface area contributed by atoms with E-state index >= 15 is 0 Å². The highest BCUT2D eigenvalue weighted by atomic mass is 16.5. The number of ether oxygens (including phenoxy) is 1. The molecule has 3 heterocycles. The van der Waals surface area contributed by atoms with Crippen LogP contribution in [0, 0.1) is 6.92 Å². The lowest BCUT2D eigenvalue weighted by Crippen LogP contribution is -2.29. The number of ketones is 1. The molecule has 3 aromatic rings. The largest absolute Gasteiger partial charge is 0.507 e. The summed E-state index contributed by atoms with van der Waals surface area (Å²) in [4.78, 5) is 35.9. The van der Waals surface area contributed by atoms with E-state index in [0.717, 1.165) is 24.0 Å². The van der Waals surface area contributed by atoms with Gasteiger partial charge in [-0.25, -0.2) is 0 Å². The number of aliphatic hydroxyl groups excluding tert-OH is 1. The van der Waals surface area contributed by atoms with Crippen molar-refractivity contribution in [3.63, 3.8) is 0 Å². The fraction of sp³-hybridized carbons (Fsp3) is 0.259. The first-order valence-corrected chi connectivity index (χ1v) is 11.3.